The van der Waals surface area contributed by atoms with Gasteiger partial charge in [-0.1, -0.05) is 25.4 Å². The van der Waals surface area contributed by atoms with Crippen molar-refractivity contribution in [2.75, 3.05) is 6.61 Å². The quantitative estimate of drug-likeness (QED) is 0.906. The molecule has 0 unspecified atom stereocenters. The zero-order valence-corrected chi connectivity index (χ0v) is 13.8. The average molecular weight is 334 g/mol. The van der Waals surface area contributed by atoms with Gasteiger partial charge in [0.1, 0.15) is 22.5 Å². The van der Waals surface area contributed by atoms with Gasteiger partial charge in [0.25, 0.3) is 0 Å². The lowest BCUT2D eigenvalue weighted by Gasteiger charge is -2.10. The minimum Gasteiger partial charge on any atom is -0.492 e. The number of aryl methyl sites for hydroxylation is 1. The molecular weight excluding hydrogens is 318 g/mol. The van der Waals surface area contributed by atoms with Crippen LogP contribution < -0.4 is 4.74 Å². The molecule has 2 rings (SSSR count). The van der Waals surface area contributed by atoms with E-state index < -0.39 is 5.97 Å². The topological polar surface area (TPSA) is 88.1 Å². The zero-order chi connectivity index (χ0) is 17.1. The summed E-state index contributed by atoms with van der Waals surface area (Å²) in [5, 5.41) is 22.6. The summed E-state index contributed by atoms with van der Waals surface area (Å²) < 4.78 is 6.81. The third-order valence-electron chi connectivity index (χ3n) is 3.14. The van der Waals surface area contributed by atoms with Crippen LogP contribution in [0.4, 0.5) is 0 Å². The van der Waals surface area contributed by atoms with E-state index >= 15 is 0 Å². The van der Waals surface area contributed by atoms with Crippen molar-refractivity contribution < 1.29 is 14.6 Å². The number of hydrogen-bond donors (Lipinski definition) is 1. The van der Waals surface area contributed by atoms with E-state index in [4.69, 9.17) is 21.4 Å². The first kappa shape index (κ1) is 16.8. The monoisotopic (exact) mass is 333 g/mol. The van der Waals surface area contributed by atoms with Gasteiger partial charge in [0.2, 0.25) is 0 Å². The van der Waals surface area contributed by atoms with Crippen LogP contribution in [0.5, 0.6) is 5.75 Å². The Morgan fingerprint density at radius 2 is 2.22 bits per heavy atom. The van der Waals surface area contributed by atoms with Crippen molar-refractivity contribution in [3.8, 4) is 23.1 Å². The third-order valence-corrected chi connectivity index (χ3v) is 3.50. The molecule has 0 saturated carbocycles. The fourth-order valence-electron chi connectivity index (χ4n) is 2.06. The maximum atomic E-state index is 11.2. The molecule has 1 N–H and O–H groups in total. The molecule has 0 amide bonds. The number of nitrogens with zero attached hydrogens (tertiary/aromatic N) is 3. The molecule has 0 radical (unpaired) electrons. The summed E-state index contributed by atoms with van der Waals surface area (Å²) >= 11 is 6.12. The van der Waals surface area contributed by atoms with Gasteiger partial charge >= 0.3 is 5.97 Å². The minimum absolute atomic E-state index is 0.0414. The highest BCUT2D eigenvalue weighted by atomic mass is 35.5. The molecule has 6 nitrogen and oxygen atoms in total. The second-order valence-corrected chi connectivity index (χ2v) is 5.85. The Morgan fingerprint density at radius 1 is 1.52 bits per heavy atom. The van der Waals surface area contributed by atoms with E-state index in [9.17, 15) is 10.1 Å². The maximum Gasteiger partial charge on any atom is 0.355 e. The Kier molecular flexibility index (Phi) is 4.92. The SMILES string of the molecule is CC(C)COc1ccc(-c2nn(C)c(C(=O)O)c2Cl)cc1C#N. The minimum atomic E-state index is -1.16. The first-order valence-corrected chi connectivity index (χ1v) is 7.36. The standard InChI is InChI=1S/C16H16ClN3O3/c1-9(2)8-23-12-5-4-10(6-11(12)7-18)14-13(17)15(16(21)22)20(3)19-14/h4-6,9H,8H2,1-3H3,(H,21,22). The van der Waals surface area contributed by atoms with E-state index in [1.165, 1.54) is 11.7 Å². The number of ether oxygens (including phenoxy) is 1. The number of aromatic carboxylic acids is 1. The van der Waals surface area contributed by atoms with E-state index in [-0.39, 0.29) is 10.7 Å². The molecule has 1 aromatic heterocycles. The number of carboxylic acid groups (broad SMARTS) is 1. The Bertz CT molecular complexity index is 791. The second-order valence-electron chi connectivity index (χ2n) is 5.47. The van der Waals surface area contributed by atoms with Crippen LogP contribution in [0, 0.1) is 17.2 Å². The Balaban J connectivity index is 2.44. The molecule has 0 saturated heterocycles. The highest BCUT2D eigenvalue weighted by molar-refractivity contribution is 6.35. The molecule has 0 aliphatic heterocycles. The van der Waals surface area contributed by atoms with Crippen LogP contribution in [0.25, 0.3) is 11.3 Å². The van der Waals surface area contributed by atoms with Crippen LogP contribution in [-0.4, -0.2) is 27.5 Å². The average Bonchev–Trinajstić information content (AvgIpc) is 2.79. The number of carboxylic acids is 1. The highest BCUT2D eigenvalue weighted by Crippen LogP contribution is 2.32. The molecule has 2 aromatic rings. The fraction of sp³-hybridized carbons (Fsp3) is 0.312. The number of halogens is 1. The van der Waals surface area contributed by atoms with Gasteiger partial charge < -0.3 is 9.84 Å². The van der Waals surface area contributed by atoms with Crippen LogP contribution in [0.2, 0.25) is 5.02 Å². The molecule has 0 spiro atoms. The third kappa shape index (κ3) is 3.46. The van der Waals surface area contributed by atoms with Crippen LogP contribution >= 0.6 is 11.6 Å². The molecule has 0 bridgehead atoms. The number of rotatable bonds is 5. The molecule has 0 aliphatic carbocycles. The van der Waals surface area contributed by atoms with Crippen molar-refractivity contribution in [3.63, 3.8) is 0 Å². The summed E-state index contributed by atoms with van der Waals surface area (Å²) in [5.41, 5.74) is 1.13. The highest BCUT2D eigenvalue weighted by Gasteiger charge is 2.21. The number of nitriles is 1. The molecular formula is C16H16ClN3O3. The summed E-state index contributed by atoms with van der Waals surface area (Å²) in [4.78, 5) is 11.2. The van der Waals surface area contributed by atoms with Crippen LogP contribution in [0.3, 0.4) is 0 Å². The molecule has 0 aliphatic rings. The van der Waals surface area contributed by atoms with Crippen molar-refractivity contribution >= 4 is 17.6 Å². The van der Waals surface area contributed by atoms with Gasteiger partial charge in [0, 0.05) is 12.6 Å². The van der Waals surface area contributed by atoms with Crippen molar-refractivity contribution in [2.24, 2.45) is 13.0 Å². The van der Waals surface area contributed by atoms with Gasteiger partial charge in [-0.05, 0) is 24.1 Å². The first-order valence-electron chi connectivity index (χ1n) is 6.98. The van der Waals surface area contributed by atoms with Crippen LogP contribution in [0.1, 0.15) is 29.9 Å². The smallest absolute Gasteiger partial charge is 0.355 e. The van der Waals surface area contributed by atoms with Crippen molar-refractivity contribution in [3.05, 3.63) is 34.5 Å². The van der Waals surface area contributed by atoms with Crippen molar-refractivity contribution in [1.29, 1.82) is 5.26 Å². The van der Waals surface area contributed by atoms with E-state index in [1.807, 2.05) is 13.8 Å². The normalized spacial score (nSPS) is 10.6. The second kappa shape index (κ2) is 6.71. The van der Waals surface area contributed by atoms with Gasteiger partial charge in [0.05, 0.1) is 12.2 Å². The molecule has 1 aromatic carbocycles. The predicted molar refractivity (Wildman–Crippen MR) is 85.7 cm³/mol. The Morgan fingerprint density at radius 3 is 2.74 bits per heavy atom. The van der Waals surface area contributed by atoms with Gasteiger partial charge in [-0.2, -0.15) is 10.4 Å². The lowest BCUT2D eigenvalue weighted by Crippen LogP contribution is -2.05. The largest absolute Gasteiger partial charge is 0.492 e. The first-order chi connectivity index (χ1) is 10.8. The summed E-state index contributed by atoms with van der Waals surface area (Å²) in [6.45, 7) is 4.53. The van der Waals surface area contributed by atoms with E-state index in [0.29, 0.717) is 35.1 Å². The maximum absolute atomic E-state index is 11.2. The van der Waals surface area contributed by atoms with Gasteiger partial charge in [-0.3, -0.25) is 4.68 Å². The van der Waals surface area contributed by atoms with E-state index in [2.05, 4.69) is 11.2 Å². The number of hydrogen-bond acceptors (Lipinski definition) is 4. The van der Waals surface area contributed by atoms with Gasteiger partial charge in [-0.15, -0.1) is 0 Å². The molecule has 7 heteroatoms. The van der Waals surface area contributed by atoms with Gasteiger partial charge in [-0.25, -0.2) is 4.79 Å². The molecule has 120 valence electrons. The summed E-state index contributed by atoms with van der Waals surface area (Å²) in [7, 11) is 1.50. The molecule has 0 fully saturated rings. The summed E-state index contributed by atoms with van der Waals surface area (Å²) in [6.07, 6.45) is 0. The van der Waals surface area contributed by atoms with Crippen molar-refractivity contribution in [2.45, 2.75) is 13.8 Å². The van der Waals surface area contributed by atoms with Crippen LogP contribution in [0.15, 0.2) is 18.2 Å². The number of benzene rings is 1. The molecule has 0 atom stereocenters. The van der Waals surface area contributed by atoms with Crippen LogP contribution in [-0.2, 0) is 7.05 Å². The fourth-order valence-corrected chi connectivity index (χ4v) is 2.41. The lowest BCUT2D eigenvalue weighted by molar-refractivity contribution is 0.0685. The Labute approximate surface area is 138 Å². The van der Waals surface area contributed by atoms with E-state index in [1.54, 1.807) is 18.2 Å². The van der Waals surface area contributed by atoms with Crippen molar-refractivity contribution in [1.82, 2.24) is 9.78 Å². The number of aromatic nitrogens is 2. The Hall–Kier alpha value is -2.52. The van der Waals surface area contributed by atoms with Gasteiger partial charge in [0.15, 0.2) is 5.69 Å². The molecule has 1 heterocycles. The predicted octanol–water partition coefficient (Wildman–Crippen LogP) is 3.35. The zero-order valence-electron chi connectivity index (χ0n) is 13.0. The molecule has 23 heavy (non-hydrogen) atoms. The summed E-state index contributed by atoms with van der Waals surface area (Å²) in [6, 6.07) is 7.04. The summed E-state index contributed by atoms with van der Waals surface area (Å²) in [5.74, 6) is -0.339. The lowest BCUT2D eigenvalue weighted by atomic mass is 10.1. The van der Waals surface area contributed by atoms with E-state index in [0.717, 1.165) is 0 Å². The number of carbonyl (C=O) groups is 1.